The lowest BCUT2D eigenvalue weighted by Crippen LogP contribution is -2.06. The highest BCUT2D eigenvalue weighted by atomic mass is 19.4. The molecule has 4 N–H and O–H groups in total. The van der Waals surface area contributed by atoms with Crippen molar-refractivity contribution in [2.24, 2.45) is 0 Å². The Morgan fingerprint density at radius 2 is 1.41 bits per heavy atom. The molecule has 4 rings (SSSR count). The van der Waals surface area contributed by atoms with Crippen molar-refractivity contribution >= 4 is 39.5 Å². The number of hydrogen-bond donors (Lipinski definition) is 3. The van der Waals surface area contributed by atoms with Crippen LogP contribution in [0.5, 0.6) is 0 Å². The van der Waals surface area contributed by atoms with E-state index in [0.717, 1.165) is 28.6 Å². The number of anilines is 5. The summed E-state index contributed by atoms with van der Waals surface area (Å²) < 4.78 is 38.1. The molecule has 146 valence electrons. The lowest BCUT2D eigenvalue weighted by molar-refractivity contribution is -0.137. The molecule has 0 saturated heterocycles. The quantitative estimate of drug-likeness (QED) is 0.412. The van der Waals surface area contributed by atoms with Crippen molar-refractivity contribution in [1.29, 1.82) is 0 Å². The van der Waals surface area contributed by atoms with E-state index in [9.17, 15) is 13.2 Å². The van der Waals surface area contributed by atoms with Crippen LogP contribution in [0.15, 0.2) is 73.1 Å². The number of fused-ring (bicyclic) bond motifs is 1. The predicted molar refractivity (Wildman–Crippen MR) is 108 cm³/mol. The molecule has 0 spiro atoms. The van der Waals surface area contributed by atoms with E-state index in [4.69, 9.17) is 5.73 Å². The van der Waals surface area contributed by atoms with Crippen LogP contribution in [0.1, 0.15) is 5.56 Å². The molecule has 29 heavy (non-hydrogen) atoms. The first-order chi connectivity index (χ1) is 13.9. The Hall–Kier alpha value is -3.81. The van der Waals surface area contributed by atoms with Gasteiger partial charge in [-0.1, -0.05) is 36.4 Å². The van der Waals surface area contributed by atoms with Gasteiger partial charge in [-0.15, -0.1) is 0 Å². The molecule has 0 atom stereocenters. The monoisotopic (exact) mass is 395 g/mol. The first-order valence-electron chi connectivity index (χ1n) is 8.71. The standard InChI is InChI=1S/C21H16F3N5/c22-21(23,24)14-8-10-15(11-9-14)28-19-18(25)20(27-12-26-19)29-17-7-3-5-13-4-1-2-6-16(13)17/h1-12H,25H2,(H2,26,27,28,29). The lowest BCUT2D eigenvalue weighted by Gasteiger charge is -2.14. The van der Waals surface area contributed by atoms with E-state index < -0.39 is 11.7 Å². The summed E-state index contributed by atoms with van der Waals surface area (Å²) in [5, 5.41) is 8.20. The highest BCUT2D eigenvalue weighted by Gasteiger charge is 2.29. The van der Waals surface area contributed by atoms with Crippen molar-refractivity contribution in [2.45, 2.75) is 6.18 Å². The van der Waals surface area contributed by atoms with Crippen LogP contribution in [-0.2, 0) is 6.18 Å². The number of nitrogens with two attached hydrogens (primary N) is 1. The van der Waals surface area contributed by atoms with E-state index in [1.807, 2.05) is 42.5 Å². The van der Waals surface area contributed by atoms with Gasteiger partial charge in [0, 0.05) is 16.8 Å². The summed E-state index contributed by atoms with van der Waals surface area (Å²) in [6.07, 6.45) is -3.06. The molecule has 0 aliphatic rings. The maximum absolute atomic E-state index is 12.7. The van der Waals surface area contributed by atoms with Crippen molar-refractivity contribution in [3.8, 4) is 0 Å². The van der Waals surface area contributed by atoms with Gasteiger partial charge in [0.2, 0.25) is 0 Å². The van der Waals surface area contributed by atoms with Crippen LogP contribution in [-0.4, -0.2) is 9.97 Å². The van der Waals surface area contributed by atoms with Crippen LogP contribution >= 0.6 is 0 Å². The molecule has 1 aromatic heterocycles. The van der Waals surface area contributed by atoms with Crippen molar-refractivity contribution in [3.63, 3.8) is 0 Å². The zero-order chi connectivity index (χ0) is 20.4. The molecule has 1 heterocycles. The maximum atomic E-state index is 12.7. The van der Waals surface area contributed by atoms with Crippen LogP contribution in [0.3, 0.4) is 0 Å². The number of rotatable bonds is 4. The molecule has 3 aromatic carbocycles. The SMILES string of the molecule is Nc1c(Nc2ccc(C(F)(F)F)cc2)ncnc1Nc1cccc2ccccc12. The van der Waals surface area contributed by atoms with Crippen molar-refractivity contribution in [3.05, 3.63) is 78.6 Å². The predicted octanol–water partition coefficient (Wildman–Crippen LogP) is 5.72. The van der Waals surface area contributed by atoms with Gasteiger partial charge in [0.1, 0.15) is 12.0 Å². The van der Waals surface area contributed by atoms with Crippen molar-refractivity contribution < 1.29 is 13.2 Å². The van der Waals surface area contributed by atoms with Crippen LogP contribution in [0, 0.1) is 0 Å². The molecule has 0 amide bonds. The van der Waals surface area contributed by atoms with E-state index in [-0.39, 0.29) is 5.69 Å². The van der Waals surface area contributed by atoms with Gasteiger partial charge in [0.25, 0.3) is 0 Å². The Morgan fingerprint density at radius 3 is 2.14 bits per heavy atom. The average Bonchev–Trinajstić information content (AvgIpc) is 2.71. The molecule has 0 fully saturated rings. The Balaban J connectivity index is 1.60. The molecule has 0 aliphatic carbocycles. The van der Waals surface area contributed by atoms with E-state index in [1.54, 1.807) is 0 Å². The number of nitrogens with one attached hydrogen (secondary N) is 2. The number of halogens is 3. The van der Waals surface area contributed by atoms with E-state index in [0.29, 0.717) is 17.3 Å². The molecule has 0 unspecified atom stereocenters. The highest BCUT2D eigenvalue weighted by molar-refractivity contribution is 5.96. The summed E-state index contributed by atoms with van der Waals surface area (Å²) in [4.78, 5) is 8.29. The molecule has 0 radical (unpaired) electrons. The summed E-state index contributed by atoms with van der Waals surface area (Å²) in [6, 6.07) is 18.3. The Kier molecular flexibility index (Phi) is 4.67. The Morgan fingerprint density at radius 1 is 0.759 bits per heavy atom. The molecule has 0 saturated carbocycles. The van der Waals surface area contributed by atoms with Crippen LogP contribution in [0.2, 0.25) is 0 Å². The fraction of sp³-hybridized carbons (Fsp3) is 0.0476. The normalized spacial score (nSPS) is 11.4. The van der Waals surface area contributed by atoms with Gasteiger partial charge in [-0.05, 0) is 35.7 Å². The summed E-state index contributed by atoms with van der Waals surface area (Å²) in [5.74, 6) is 0.688. The first kappa shape index (κ1) is 18.5. The fourth-order valence-corrected chi connectivity index (χ4v) is 2.94. The number of alkyl halides is 3. The molecular weight excluding hydrogens is 379 g/mol. The zero-order valence-electron chi connectivity index (χ0n) is 15.0. The van der Waals surface area contributed by atoms with Crippen LogP contribution < -0.4 is 16.4 Å². The number of nitrogen functional groups attached to an aromatic ring is 1. The van der Waals surface area contributed by atoms with Gasteiger partial charge < -0.3 is 16.4 Å². The van der Waals surface area contributed by atoms with Gasteiger partial charge in [-0.2, -0.15) is 13.2 Å². The van der Waals surface area contributed by atoms with Gasteiger partial charge in [-0.25, -0.2) is 9.97 Å². The molecule has 5 nitrogen and oxygen atoms in total. The van der Waals surface area contributed by atoms with Crippen molar-refractivity contribution in [1.82, 2.24) is 9.97 Å². The maximum Gasteiger partial charge on any atom is 0.416 e. The summed E-state index contributed by atoms with van der Waals surface area (Å²) >= 11 is 0. The minimum atomic E-state index is -4.39. The third-order valence-electron chi connectivity index (χ3n) is 4.40. The van der Waals surface area contributed by atoms with Crippen molar-refractivity contribution in [2.75, 3.05) is 16.4 Å². The topological polar surface area (TPSA) is 75.9 Å². The molecule has 8 heteroatoms. The van der Waals surface area contributed by atoms with Crippen LogP contribution in [0.4, 0.5) is 41.9 Å². The molecule has 0 aliphatic heterocycles. The number of nitrogens with zero attached hydrogens (tertiary/aromatic N) is 2. The number of benzene rings is 3. The lowest BCUT2D eigenvalue weighted by atomic mass is 10.1. The smallest absolute Gasteiger partial charge is 0.393 e. The summed E-state index contributed by atoms with van der Waals surface area (Å²) in [5.41, 5.74) is 6.98. The first-order valence-corrected chi connectivity index (χ1v) is 8.71. The van der Waals surface area contributed by atoms with Gasteiger partial charge in [0.05, 0.1) is 5.56 Å². The largest absolute Gasteiger partial charge is 0.416 e. The van der Waals surface area contributed by atoms with Gasteiger partial charge in [0.15, 0.2) is 11.6 Å². The molecule has 0 bridgehead atoms. The highest BCUT2D eigenvalue weighted by Crippen LogP contribution is 2.33. The minimum Gasteiger partial charge on any atom is -0.393 e. The number of hydrogen-bond acceptors (Lipinski definition) is 5. The average molecular weight is 395 g/mol. The number of aromatic nitrogens is 2. The second-order valence-corrected chi connectivity index (χ2v) is 6.34. The van der Waals surface area contributed by atoms with Crippen LogP contribution in [0.25, 0.3) is 10.8 Å². The van der Waals surface area contributed by atoms with E-state index in [1.165, 1.54) is 18.5 Å². The molecular formula is C21H16F3N5. The fourth-order valence-electron chi connectivity index (χ4n) is 2.94. The molecule has 4 aromatic rings. The summed E-state index contributed by atoms with van der Waals surface area (Å²) in [6.45, 7) is 0. The third-order valence-corrected chi connectivity index (χ3v) is 4.40. The van der Waals surface area contributed by atoms with E-state index >= 15 is 0 Å². The Labute approximate surface area is 164 Å². The van der Waals surface area contributed by atoms with Gasteiger partial charge in [-0.3, -0.25) is 0 Å². The summed E-state index contributed by atoms with van der Waals surface area (Å²) in [7, 11) is 0. The Bertz CT molecular complexity index is 1150. The minimum absolute atomic E-state index is 0.250. The second kappa shape index (κ2) is 7.31. The second-order valence-electron chi connectivity index (χ2n) is 6.34. The van der Waals surface area contributed by atoms with Gasteiger partial charge >= 0.3 is 6.18 Å². The zero-order valence-corrected chi connectivity index (χ0v) is 15.0. The van der Waals surface area contributed by atoms with E-state index in [2.05, 4.69) is 20.6 Å². The third kappa shape index (κ3) is 3.91.